The van der Waals surface area contributed by atoms with E-state index in [-0.39, 0.29) is 46.7 Å². The minimum Gasteiger partial charge on any atom is -0.234 e. The summed E-state index contributed by atoms with van der Waals surface area (Å²) in [4.78, 5) is 11.9. The molecule has 0 bridgehead atoms. The zero-order valence-corrected chi connectivity index (χ0v) is 30.2. The van der Waals surface area contributed by atoms with Crippen molar-refractivity contribution in [1.82, 2.24) is 59.9 Å². The molecular formula is C36H13F12N15. The van der Waals surface area contributed by atoms with Gasteiger partial charge in [-0.3, -0.25) is 0 Å². The molecule has 0 saturated carbocycles. The summed E-state index contributed by atoms with van der Waals surface area (Å²) in [6, 6.07) is 4.41. The van der Waals surface area contributed by atoms with E-state index in [2.05, 4.69) is 45.9 Å². The third-order valence-corrected chi connectivity index (χ3v) is 9.70. The van der Waals surface area contributed by atoms with Crippen molar-refractivity contribution >= 4 is 16.7 Å². The van der Waals surface area contributed by atoms with Gasteiger partial charge in [0.05, 0.1) is 41.2 Å². The van der Waals surface area contributed by atoms with E-state index in [4.69, 9.17) is 15.8 Å². The SMILES string of the molecule is N#CC1(F)C(F)=CC(c2cn(-c3cc(-n4cc(C5=C(F)C(F)C(F)(C#N)C(F)=C5)nn4)c(-c4ncncn4)c(-n4cc(C5=C(F)C(F)C(F)(C#N)C(F)=C5)nn4)c3)nn2)=C(F)C1F. The van der Waals surface area contributed by atoms with Gasteiger partial charge in [0.2, 0.25) is 18.5 Å². The van der Waals surface area contributed by atoms with E-state index in [1.807, 2.05) is 0 Å². The lowest BCUT2D eigenvalue weighted by atomic mass is 9.90. The van der Waals surface area contributed by atoms with Gasteiger partial charge in [-0.15, -0.1) is 15.3 Å². The first kappa shape index (κ1) is 41.5. The number of alkyl halides is 6. The minimum absolute atomic E-state index is 0.162. The van der Waals surface area contributed by atoms with Crippen molar-refractivity contribution in [3.05, 3.63) is 114 Å². The van der Waals surface area contributed by atoms with Crippen LogP contribution < -0.4 is 0 Å². The van der Waals surface area contributed by atoms with Gasteiger partial charge in [-0.25, -0.2) is 81.7 Å². The number of rotatable bonds is 7. The second-order valence-corrected chi connectivity index (χ2v) is 13.3. The van der Waals surface area contributed by atoms with Crippen LogP contribution in [0.25, 0.3) is 45.2 Å². The number of allylic oxidation sites excluding steroid dienone is 12. The maximum Gasteiger partial charge on any atom is 0.283 e. The Morgan fingerprint density at radius 3 is 1.21 bits per heavy atom. The van der Waals surface area contributed by atoms with E-state index >= 15 is 13.2 Å². The van der Waals surface area contributed by atoms with Crippen molar-refractivity contribution in [2.75, 3.05) is 0 Å². The molecule has 6 unspecified atom stereocenters. The van der Waals surface area contributed by atoms with Crippen LogP contribution in [0.4, 0.5) is 52.7 Å². The lowest BCUT2D eigenvalue weighted by molar-refractivity contribution is 0.118. The van der Waals surface area contributed by atoms with E-state index in [9.17, 15) is 39.5 Å². The normalized spacial score (nSPS) is 26.2. The fourth-order valence-electron chi connectivity index (χ4n) is 6.33. The number of hydrogen-bond acceptors (Lipinski definition) is 12. The molecule has 0 saturated heterocycles. The first-order valence-corrected chi connectivity index (χ1v) is 17.1. The van der Waals surface area contributed by atoms with Crippen molar-refractivity contribution in [1.29, 1.82) is 15.8 Å². The Labute approximate surface area is 340 Å². The van der Waals surface area contributed by atoms with E-state index in [1.165, 1.54) is 0 Å². The fourth-order valence-corrected chi connectivity index (χ4v) is 6.33. The number of halogens is 12. The van der Waals surface area contributed by atoms with Crippen molar-refractivity contribution in [3.63, 3.8) is 0 Å². The molecule has 6 atom stereocenters. The molecule has 0 radical (unpaired) electrons. The van der Waals surface area contributed by atoms with Crippen LogP contribution in [0, 0.1) is 34.0 Å². The molecule has 0 aliphatic heterocycles. The topological polar surface area (TPSA) is 202 Å². The Balaban J connectivity index is 1.35. The standard InChI is InChI=1S/C36H13F12N15/c37-23-3-15(27(40)30(43)34(23,46)9-49)18-6-61(58-55-18)14-1-21(62-7-19(56-59-62)16-4-24(38)35(47,10-50)31(44)28(16)41)26(33-53-12-52-13-54-33)22(2-14)63-8-20(57-60-63)17-5-25(39)36(48,11-51)32(45)29(17)42/h1-8,12-13,30-32H. The first-order chi connectivity index (χ1) is 29.9. The molecule has 3 aliphatic carbocycles. The molecule has 3 aliphatic rings. The van der Waals surface area contributed by atoms with E-state index in [1.54, 1.807) is 0 Å². The van der Waals surface area contributed by atoms with Gasteiger partial charge in [0.15, 0.2) is 23.3 Å². The maximum absolute atomic E-state index is 15.2. The quantitative estimate of drug-likeness (QED) is 0.158. The zero-order chi connectivity index (χ0) is 45.3. The minimum atomic E-state index is -4.02. The molecule has 4 aromatic heterocycles. The van der Waals surface area contributed by atoms with Gasteiger partial charge in [0.1, 0.15) is 65.4 Å². The van der Waals surface area contributed by atoms with Crippen molar-refractivity contribution < 1.29 is 52.7 Å². The Hall–Kier alpha value is -8.28. The van der Waals surface area contributed by atoms with Crippen LogP contribution in [-0.2, 0) is 0 Å². The average Bonchev–Trinajstić information content (AvgIpc) is 4.10. The zero-order valence-electron chi connectivity index (χ0n) is 30.2. The molecule has 63 heavy (non-hydrogen) atoms. The van der Waals surface area contributed by atoms with Crippen LogP contribution in [-0.4, -0.2) is 95.5 Å². The van der Waals surface area contributed by atoms with Crippen molar-refractivity contribution in [2.45, 2.75) is 35.5 Å². The second kappa shape index (κ2) is 14.7. The molecule has 0 N–H and O–H groups in total. The van der Waals surface area contributed by atoms with Gasteiger partial charge in [-0.05, 0) is 30.4 Å². The van der Waals surface area contributed by atoms with Gasteiger partial charge in [-0.2, -0.15) is 15.8 Å². The lowest BCUT2D eigenvalue weighted by Gasteiger charge is -2.23. The summed E-state index contributed by atoms with van der Waals surface area (Å²) in [7, 11) is 0. The number of aromatic nitrogens is 12. The summed E-state index contributed by atoms with van der Waals surface area (Å²) in [5.41, 5.74) is -18.1. The Morgan fingerprint density at radius 1 is 0.524 bits per heavy atom. The summed E-state index contributed by atoms with van der Waals surface area (Å²) < 4.78 is 180. The van der Waals surface area contributed by atoms with E-state index in [0.717, 1.165) is 75.6 Å². The average molecular weight is 884 g/mol. The Kier molecular flexibility index (Phi) is 9.68. The van der Waals surface area contributed by atoms with Gasteiger partial charge in [-0.1, -0.05) is 15.6 Å². The Bertz CT molecular complexity index is 2960. The molecule has 8 rings (SSSR count). The maximum atomic E-state index is 15.2. The predicted molar refractivity (Wildman–Crippen MR) is 185 cm³/mol. The van der Waals surface area contributed by atoms with Gasteiger partial charge in [0.25, 0.3) is 17.0 Å². The third kappa shape index (κ3) is 6.24. The van der Waals surface area contributed by atoms with Gasteiger partial charge < -0.3 is 0 Å². The first-order valence-electron chi connectivity index (χ1n) is 17.1. The fraction of sp³-hybridized carbons (Fsp3) is 0.167. The highest BCUT2D eigenvalue weighted by molar-refractivity contribution is 5.82. The number of benzene rings is 1. The third-order valence-electron chi connectivity index (χ3n) is 9.70. The van der Waals surface area contributed by atoms with Crippen molar-refractivity contribution in [2.24, 2.45) is 0 Å². The molecule has 316 valence electrons. The van der Waals surface area contributed by atoms with Crippen LogP contribution in [0.15, 0.2) is 96.6 Å². The molecular weight excluding hydrogens is 870 g/mol. The number of hydrogen-bond donors (Lipinski definition) is 0. The van der Waals surface area contributed by atoms with Crippen molar-refractivity contribution in [3.8, 4) is 46.7 Å². The molecule has 0 spiro atoms. The van der Waals surface area contributed by atoms with E-state index in [0.29, 0.717) is 0 Å². The smallest absolute Gasteiger partial charge is 0.234 e. The molecule has 0 fully saturated rings. The number of nitriles is 3. The molecule has 1 aromatic carbocycles. The monoisotopic (exact) mass is 883 g/mol. The summed E-state index contributed by atoms with van der Waals surface area (Å²) in [5.74, 6) is -12.2. The Morgan fingerprint density at radius 2 is 0.857 bits per heavy atom. The van der Waals surface area contributed by atoms with Gasteiger partial charge >= 0.3 is 0 Å². The molecule has 0 amide bonds. The van der Waals surface area contributed by atoms with Crippen LogP contribution in [0.1, 0.15) is 17.1 Å². The highest BCUT2D eigenvalue weighted by atomic mass is 19.2. The van der Waals surface area contributed by atoms with E-state index < -0.39 is 104 Å². The summed E-state index contributed by atoms with van der Waals surface area (Å²) in [6.07, 6.45) is -5.37. The molecule has 15 nitrogen and oxygen atoms in total. The molecule has 4 heterocycles. The van der Waals surface area contributed by atoms with Crippen LogP contribution in [0.3, 0.4) is 0 Å². The highest BCUT2D eigenvalue weighted by Crippen LogP contribution is 2.45. The second-order valence-electron chi connectivity index (χ2n) is 13.3. The number of nitrogens with zero attached hydrogens (tertiary/aromatic N) is 15. The van der Waals surface area contributed by atoms with Crippen LogP contribution in [0.2, 0.25) is 0 Å². The lowest BCUT2D eigenvalue weighted by Crippen LogP contribution is -2.37. The van der Waals surface area contributed by atoms with Gasteiger partial charge in [0, 0.05) is 16.7 Å². The summed E-state index contributed by atoms with van der Waals surface area (Å²) in [5, 5.41) is 49.6. The van der Waals surface area contributed by atoms with Crippen LogP contribution >= 0.6 is 0 Å². The summed E-state index contributed by atoms with van der Waals surface area (Å²) >= 11 is 0. The largest absolute Gasteiger partial charge is 0.283 e. The predicted octanol–water partition coefficient (Wildman–Crippen LogP) is 6.63. The molecule has 27 heteroatoms. The molecule has 5 aromatic rings. The highest BCUT2D eigenvalue weighted by Gasteiger charge is 2.53. The summed E-state index contributed by atoms with van der Waals surface area (Å²) in [6.45, 7) is 0. The van der Waals surface area contributed by atoms with Crippen LogP contribution in [0.5, 0.6) is 0 Å².